The zero-order chi connectivity index (χ0) is 23.4. The number of benzene rings is 1. The number of piperidine rings is 1. The summed E-state index contributed by atoms with van der Waals surface area (Å²) in [5, 5.41) is 8.85. The Morgan fingerprint density at radius 2 is 1.97 bits per heavy atom. The van der Waals surface area contributed by atoms with Crippen molar-refractivity contribution in [1.29, 1.82) is 0 Å². The number of hydrogen-bond donors (Lipinski definition) is 2. The molecule has 0 bridgehead atoms. The predicted molar refractivity (Wildman–Crippen MR) is 129 cm³/mol. The fourth-order valence-electron chi connectivity index (χ4n) is 5.21. The first kappa shape index (κ1) is 21.6. The molecule has 3 aromatic heterocycles. The van der Waals surface area contributed by atoms with Gasteiger partial charge in [-0.25, -0.2) is 18.8 Å². The van der Waals surface area contributed by atoms with Crippen molar-refractivity contribution in [3.63, 3.8) is 0 Å². The van der Waals surface area contributed by atoms with Crippen LogP contribution in [0.15, 0.2) is 52.8 Å². The summed E-state index contributed by atoms with van der Waals surface area (Å²) in [6.45, 7) is 1.59. The van der Waals surface area contributed by atoms with Gasteiger partial charge in [0.25, 0.3) is 0 Å². The van der Waals surface area contributed by atoms with Crippen molar-refractivity contribution in [2.24, 2.45) is 11.1 Å². The van der Waals surface area contributed by atoms with Crippen molar-refractivity contribution in [3.05, 3.63) is 65.0 Å². The van der Waals surface area contributed by atoms with Gasteiger partial charge in [-0.3, -0.25) is 0 Å². The molecule has 174 valence electrons. The van der Waals surface area contributed by atoms with Gasteiger partial charge in [-0.2, -0.15) is 0 Å². The number of nitrogens with zero attached hydrogens (tertiary/aromatic N) is 6. The molecule has 1 spiro atoms. The Morgan fingerprint density at radius 1 is 1.15 bits per heavy atom. The first-order valence-electron chi connectivity index (χ1n) is 11.0. The highest BCUT2D eigenvalue weighted by Crippen LogP contribution is 2.51. The first-order valence-corrected chi connectivity index (χ1v) is 12.2. The van der Waals surface area contributed by atoms with Gasteiger partial charge in [0.1, 0.15) is 18.0 Å². The monoisotopic (exact) mass is 496 g/mol. The highest BCUT2D eigenvalue weighted by molar-refractivity contribution is 7.99. The number of fused-ring (bicyclic) bond motifs is 2. The van der Waals surface area contributed by atoms with Gasteiger partial charge in [-0.15, -0.1) is 10.2 Å². The number of hydrogen-bond acceptors (Lipinski definition) is 8. The molecule has 4 N–H and O–H groups in total. The lowest BCUT2D eigenvalue weighted by Crippen LogP contribution is -2.45. The predicted octanol–water partition coefficient (Wildman–Crippen LogP) is 3.89. The van der Waals surface area contributed by atoms with Crippen LogP contribution in [0.2, 0.25) is 5.02 Å². The molecule has 4 heterocycles. The molecule has 0 radical (unpaired) electrons. The molecule has 1 atom stereocenters. The number of nitrogens with two attached hydrogens (primary N) is 2. The summed E-state index contributed by atoms with van der Waals surface area (Å²) in [6.07, 6.45) is 7.78. The Balaban J connectivity index is 1.25. The van der Waals surface area contributed by atoms with Crippen LogP contribution >= 0.6 is 23.4 Å². The lowest BCUT2D eigenvalue weighted by atomic mass is 9.73. The van der Waals surface area contributed by atoms with E-state index in [0.717, 1.165) is 53.7 Å². The Kier molecular flexibility index (Phi) is 5.12. The molecule has 34 heavy (non-hydrogen) atoms. The summed E-state index contributed by atoms with van der Waals surface area (Å²) in [5.74, 6) is 0.845. The second-order valence-corrected chi connectivity index (χ2v) is 10.4. The van der Waals surface area contributed by atoms with Crippen LogP contribution in [0.4, 0.5) is 16.2 Å². The Hall–Kier alpha value is -2.95. The highest BCUT2D eigenvalue weighted by Gasteiger charge is 2.46. The zero-order valence-corrected chi connectivity index (χ0v) is 19.7. The van der Waals surface area contributed by atoms with Crippen LogP contribution in [0, 0.1) is 11.2 Å². The molecular weight excluding hydrogens is 475 g/mol. The van der Waals surface area contributed by atoms with Gasteiger partial charge in [0.15, 0.2) is 5.65 Å². The van der Waals surface area contributed by atoms with Crippen molar-refractivity contribution < 1.29 is 4.39 Å². The molecule has 1 saturated heterocycles. The van der Waals surface area contributed by atoms with Crippen LogP contribution in [0.3, 0.4) is 0 Å². The number of pyridine rings is 1. The fraction of sp³-hybridized carbons (Fsp3) is 0.304. The number of rotatable bonds is 3. The minimum absolute atomic E-state index is 0.0489. The molecule has 0 unspecified atom stereocenters. The van der Waals surface area contributed by atoms with Gasteiger partial charge < -0.3 is 16.4 Å². The third-order valence-electron chi connectivity index (χ3n) is 7.07. The van der Waals surface area contributed by atoms with Gasteiger partial charge in [0, 0.05) is 36.4 Å². The molecule has 1 aliphatic heterocycles. The molecular formula is C23H22ClFN8S. The van der Waals surface area contributed by atoms with E-state index in [0.29, 0.717) is 10.7 Å². The van der Waals surface area contributed by atoms with Crippen LogP contribution < -0.4 is 16.4 Å². The summed E-state index contributed by atoms with van der Waals surface area (Å²) in [5.41, 5.74) is 15.3. The van der Waals surface area contributed by atoms with E-state index >= 15 is 0 Å². The highest BCUT2D eigenvalue weighted by atomic mass is 35.5. The average molecular weight is 497 g/mol. The first-order chi connectivity index (χ1) is 16.4. The quantitative estimate of drug-likeness (QED) is 0.439. The van der Waals surface area contributed by atoms with Crippen molar-refractivity contribution in [2.75, 3.05) is 23.7 Å². The molecule has 8 nitrogen and oxygen atoms in total. The Morgan fingerprint density at radius 3 is 2.79 bits per heavy atom. The molecule has 4 aromatic rings. The summed E-state index contributed by atoms with van der Waals surface area (Å²) in [7, 11) is 0. The second-order valence-electron chi connectivity index (χ2n) is 8.90. The largest absolute Gasteiger partial charge is 0.382 e. The molecule has 2 aliphatic rings. The molecule has 11 heteroatoms. The summed E-state index contributed by atoms with van der Waals surface area (Å²) in [4.78, 5) is 12.6. The average Bonchev–Trinajstić information content (AvgIpc) is 3.43. The maximum Gasteiger partial charge on any atom is 0.212 e. The van der Waals surface area contributed by atoms with E-state index in [1.165, 1.54) is 23.4 Å². The SMILES string of the molecule is Nc1nccc(Sc2cnc(N3CCC4(CC3)Cc3ccc(F)cc3[C@H]4N)n3cnnc23)c1Cl. The van der Waals surface area contributed by atoms with E-state index in [1.807, 2.05) is 16.5 Å². The molecule has 0 saturated carbocycles. The van der Waals surface area contributed by atoms with Crippen LogP contribution in [-0.2, 0) is 6.42 Å². The van der Waals surface area contributed by atoms with Crippen molar-refractivity contribution in [2.45, 2.75) is 35.1 Å². The molecule has 1 aromatic carbocycles. The molecule has 1 fully saturated rings. The van der Waals surface area contributed by atoms with Crippen molar-refractivity contribution >= 4 is 40.8 Å². The van der Waals surface area contributed by atoms with E-state index in [4.69, 9.17) is 28.1 Å². The zero-order valence-electron chi connectivity index (χ0n) is 18.2. The summed E-state index contributed by atoms with van der Waals surface area (Å²) < 4.78 is 15.7. The van der Waals surface area contributed by atoms with E-state index in [-0.39, 0.29) is 23.1 Å². The lowest BCUT2D eigenvalue weighted by molar-refractivity contribution is 0.186. The second kappa shape index (κ2) is 8.07. The van der Waals surface area contributed by atoms with E-state index in [9.17, 15) is 4.39 Å². The van der Waals surface area contributed by atoms with Gasteiger partial charge in [0.05, 0.1) is 9.92 Å². The van der Waals surface area contributed by atoms with E-state index in [1.54, 1.807) is 24.8 Å². The van der Waals surface area contributed by atoms with Gasteiger partial charge in [0.2, 0.25) is 5.95 Å². The minimum Gasteiger partial charge on any atom is -0.382 e. The van der Waals surface area contributed by atoms with Gasteiger partial charge >= 0.3 is 0 Å². The lowest BCUT2D eigenvalue weighted by Gasteiger charge is -2.42. The third-order valence-corrected chi connectivity index (χ3v) is 8.65. The molecule has 0 amide bonds. The van der Waals surface area contributed by atoms with Crippen LogP contribution in [0.5, 0.6) is 0 Å². The molecule has 6 rings (SSSR count). The minimum atomic E-state index is -0.225. The standard InChI is InChI=1S/C23H22ClFN8S/c24-18-16(3-6-28-20(18)27)34-17-11-29-22(33-12-30-31-21(17)33)32-7-4-23(5-8-32)10-13-1-2-14(25)9-15(13)19(23)26/h1-3,6,9,11-12,19H,4-5,7-8,10,26H2,(H2,27,28)/t19-/m1/s1. The topological polar surface area (TPSA) is 111 Å². The van der Waals surface area contributed by atoms with Crippen LogP contribution in [-0.4, -0.2) is 37.7 Å². The number of anilines is 2. The summed E-state index contributed by atoms with van der Waals surface area (Å²) in [6, 6.07) is 6.66. The molecule has 1 aliphatic carbocycles. The van der Waals surface area contributed by atoms with Crippen LogP contribution in [0.25, 0.3) is 5.65 Å². The third kappa shape index (κ3) is 3.40. The smallest absolute Gasteiger partial charge is 0.212 e. The maximum absolute atomic E-state index is 13.8. The van der Waals surface area contributed by atoms with Crippen LogP contribution in [0.1, 0.15) is 30.0 Å². The number of halogens is 2. The van der Waals surface area contributed by atoms with Gasteiger partial charge in [-0.05, 0) is 54.0 Å². The van der Waals surface area contributed by atoms with Crippen molar-refractivity contribution in [1.82, 2.24) is 24.6 Å². The number of nitrogen functional groups attached to an aromatic ring is 1. The van der Waals surface area contributed by atoms with E-state index in [2.05, 4.69) is 20.1 Å². The normalized spacial score (nSPS) is 19.1. The Bertz CT molecular complexity index is 1400. The Labute approximate surface area is 204 Å². The maximum atomic E-state index is 13.8. The van der Waals surface area contributed by atoms with Gasteiger partial charge in [-0.1, -0.05) is 29.4 Å². The fourth-order valence-corrected chi connectivity index (χ4v) is 6.33. The van der Waals surface area contributed by atoms with Crippen molar-refractivity contribution in [3.8, 4) is 0 Å². The number of aromatic nitrogens is 5. The van der Waals surface area contributed by atoms with E-state index < -0.39 is 0 Å². The summed E-state index contributed by atoms with van der Waals surface area (Å²) >= 11 is 7.75.